The quantitative estimate of drug-likeness (QED) is 0.610. The fourth-order valence-electron chi connectivity index (χ4n) is 4.27. The largest absolute Gasteiger partial charge is 0.505 e. The molecule has 1 N–H and O–H groups in total. The predicted octanol–water partition coefficient (Wildman–Crippen LogP) is 4.49. The lowest BCUT2D eigenvalue weighted by molar-refractivity contribution is -0.140. The summed E-state index contributed by atoms with van der Waals surface area (Å²) in [7, 11) is 1.22. The highest BCUT2D eigenvalue weighted by atomic mass is 35.5. The maximum atomic E-state index is 13.3. The van der Waals surface area contributed by atoms with Crippen LogP contribution in [0.5, 0.6) is 0 Å². The topological polar surface area (TPSA) is 68.5 Å². The van der Waals surface area contributed by atoms with Crippen LogP contribution in [-0.4, -0.2) is 28.5 Å². The maximum Gasteiger partial charge on any atom is 0.345 e. The number of ketones is 1. The summed E-state index contributed by atoms with van der Waals surface area (Å²) in [5.41, 5.74) is 1.17. The number of carbonyl (C=O) groups excluding carboxylic acids is 2. The molecule has 5 nitrogen and oxygen atoms in total. The average molecular weight is 386 g/mol. The Morgan fingerprint density at radius 3 is 2.44 bits per heavy atom. The first-order valence-electron chi connectivity index (χ1n) is 9.03. The normalized spacial score (nSPS) is 18.5. The zero-order valence-electron chi connectivity index (χ0n) is 15.0. The molecular weight excluding hydrogens is 366 g/mol. The molecule has 6 heteroatoms. The first-order chi connectivity index (χ1) is 13.0. The molecule has 1 aromatic heterocycles. The van der Waals surface area contributed by atoms with E-state index in [1.54, 1.807) is 12.1 Å². The summed E-state index contributed by atoms with van der Waals surface area (Å²) >= 11 is 5.98. The first kappa shape index (κ1) is 17.9. The van der Waals surface area contributed by atoms with Gasteiger partial charge in [0, 0.05) is 16.8 Å². The fraction of sp³-hybridized carbons (Fsp3) is 0.333. The summed E-state index contributed by atoms with van der Waals surface area (Å²) in [5, 5.41) is 11.4. The zero-order valence-corrected chi connectivity index (χ0v) is 15.8. The number of halogens is 1. The number of ether oxygens (including phenoxy) is 1. The molecule has 140 valence electrons. The molecule has 0 saturated heterocycles. The highest BCUT2D eigenvalue weighted by Gasteiger charge is 2.50. The van der Waals surface area contributed by atoms with Crippen molar-refractivity contribution in [2.75, 3.05) is 7.11 Å². The molecule has 4 rings (SSSR count). The third kappa shape index (κ3) is 2.69. The standard InChI is InChI=1S/C21H20ClNO4/c1-27-20(26)17-18(24)16-11-14(13-5-7-15(22)8-6-13)12-23(16)21(19(17)25)9-3-2-4-10-21/h5-8,11-12,24H,2-4,9-10H2,1H3. The number of hydrogen-bond donors (Lipinski definition) is 1. The van der Waals surface area contributed by atoms with Crippen molar-refractivity contribution >= 4 is 29.1 Å². The van der Waals surface area contributed by atoms with Crippen LogP contribution >= 0.6 is 11.6 Å². The van der Waals surface area contributed by atoms with Gasteiger partial charge in [0.2, 0.25) is 0 Å². The third-order valence-electron chi connectivity index (χ3n) is 5.66. The number of aromatic nitrogens is 1. The number of methoxy groups -OCH3 is 1. The highest BCUT2D eigenvalue weighted by Crippen LogP contribution is 2.45. The van der Waals surface area contributed by atoms with Crippen LogP contribution in [0.3, 0.4) is 0 Å². The minimum Gasteiger partial charge on any atom is -0.505 e. The van der Waals surface area contributed by atoms with E-state index in [0.717, 1.165) is 30.4 Å². The second-order valence-electron chi connectivity index (χ2n) is 7.13. The minimum atomic E-state index is -0.839. The smallest absolute Gasteiger partial charge is 0.345 e. The van der Waals surface area contributed by atoms with Crippen LogP contribution in [0.1, 0.15) is 37.8 Å². The highest BCUT2D eigenvalue weighted by molar-refractivity contribution is 6.30. The van der Waals surface area contributed by atoms with Crippen LogP contribution in [0.2, 0.25) is 5.02 Å². The van der Waals surface area contributed by atoms with Gasteiger partial charge in [0.25, 0.3) is 0 Å². The number of Topliss-reactive ketones (excluding diaryl/α,β-unsaturated/α-hetero) is 1. The Kier molecular flexibility index (Phi) is 4.35. The van der Waals surface area contributed by atoms with E-state index in [1.165, 1.54) is 7.11 Å². The van der Waals surface area contributed by atoms with Crippen molar-refractivity contribution in [3.63, 3.8) is 0 Å². The van der Waals surface area contributed by atoms with E-state index in [2.05, 4.69) is 0 Å². The van der Waals surface area contributed by atoms with E-state index in [-0.39, 0.29) is 17.1 Å². The van der Waals surface area contributed by atoms with Crippen LogP contribution in [0.25, 0.3) is 16.9 Å². The van der Waals surface area contributed by atoms with Crippen LogP contribution in [0, 0.1) is 0 Å². The summed E-state index contributed by atoms with van der Waals surface area (Å²) in [6.45, 7) is 0. The van der Waals surface area contributed by atoms with Gasteiger partial charge >= 0.3 is 5.97 Å². The Morgan fingerprint density at radius 2 is 1.81 bits per heavy atom. The van der Waals surface area contributed by atoms with Gasteiger partial charge in [-0.2, -0.15) is 0 Å². The number of nitrogens with zero attached hydrogens (tertiary/aromatic N) is 1. The van der Waals surface area contributed by atoms with Crippen molar-refractivity contribution in [1.82, 2.24) is 4.57 Å². The lowest BCUT2D eigenvalue weighted by Gasteiger charge is -2.41. The Balaban J connectivity index is 1.93. The van der Waals surface area contributed by atoms with Gasteiger partial charge in [0.1, 0.15) is 11.1 Å². The molecule has 1 fully saturated rings. The molecule has 0 bridgehead atoms. The Bertz CT molecular complexity index is 949. The van der Waals surface area contributed by atoms with Gasteiger partial charge in [-0.15, -0.1) is 0 Å². The SMILES string of the molecule is COC(=O)C1=C(O)c2cc(-c3ccc(Cl)cc3)cn2C2(CCCCC2)C1=O. The molecular formula is C21H20ClNO4. The van der Waals surface area contributed by atoms with Crippen molar-refractivity contribution in [3.05, 3.63) is 52.8 Å². The fourth-order valence-corrected chi connectivity index (χ4v) is 4.40. The second-order valence-corrected chi connectivity index (χ2v) is 7.56. The summed E-state index contributed by atoms with van der Waals surface area (Å²) in [6.07, 6.45) is 6.03. The molecule has 27 heavy (non-hydrogen) atoms. The van der Waals surface area contributed by atoms with Gasteiger partial charge in [0.15, 0.2) is 11.5 Å². The van der Waals surface area contributed by atoms with Gasteiger partial charge in [-0.3, -0.25) is 4.79 Å². The molecule has 0 atom stereocenters. The van der Waals surface area contributed by atoms with Crippen LogP contribution in [0.15, 0.2) is 42.1 Å². The predicted molar refractivity (Wildman–Crippen MR) is 103 cm³/mol. The number of carbonyl (C=O) groups is 2. The molecule has 0 amide bonds. The van der Waals surface area contributed by atoms with E-state index >= 15 is 0 Å². The number of rotatable bonds is 2. The number of esters is 1. The lowest BCUT2D eigenvalue weighted by atomic mass is 9.74. The Hall–Kier alpha value is -2.53. The van der Waals surface area contributed by atoms with Crippen molar-refractivity contribution in [2.24, 2.45) is 0 Å². The van der Waals surface area contributed by atoms with Crippen molar-refractivity contribution < 1.29 is 19.4 Å². The van der Waals surface area contributed by atoms with Gasteiger partial charge in [-0.1, -0.05) is 43.0 Å². The number of benzene rings is 1. The van der Waals surface area contributed by atoms with Crippen LogP contribution in [0.4, 0.5) is 0 Å². The summed E-state index contributed by atoms with van der Waals surface area (Å²) in [5.74, 6) is -1.46. The molecule has 2 aliphatic rings. The average Bonchev–Trinajstić information content (AvgIpc) is 3.14. The summed E-state index contributed by atoms with van der Waals surface area (Å²) in [4.78, 5) is 25.6. The van der Waals surface area contributed by atoms with Crippen molar-refractivity contribution in [2.45, 2.75) is 37.6 Å². The Morgan fingerprint density at radius 1 is 1.15 bits per heavy atom. The number of fused-ring (bicyclic) bond motifs is 2. The van der Waals surface area contributed by atoms with Gasteiger partial charge in [0.05, 0.1) is 12.8 Å². The minimum absolute atomic E-state index is 0.243. The summed E-state index contributed by atoms with van der Waals surface area (Å²) in [6, 6.07) is 9.18. The van der Waals surface area contributed by atoms with Gasteiger partial charge in [-0.25, -0.2) is 4.79 Å². The molecule has 0 unspecified atom stereocenters. The molecule has 1 aromatic carbocycles. The number of hydrogen-bond acceptors (Lipinski definition) is 4. The van der Waals surface area contributed by atoms with E-state index in [4.69, 9.17) is 16.3 Å². The van der Waals surface area contributed by atoms with E-state index in [1.807, 2.05) is 29.0 Å². The molecule has 1 aliphatic carbocycles. The van der Waals surface area contributed by atoms with Gasteiger partial charge in [-0.05, 0) is 36.6 Å². The van der Waals surface area contributed by atoms with Gasteiger partial charge < -0.3 is 14.4 Å². The van der Waals surface area contributed by atoms with Crippen molar-refractivity contribution in [1.29, 1.82) is 0 Å². The Labute approximate surface area is 162 Å². The maximum absolute atomic E-state index is 13.3. The molecule has 1 saturated carbocycles. The zero-order chi connectivity index (χ0) is 19.2. The molecule has 2 aromatic rings. The third-order valence-corrected chi connectivity index (χ3v) is 5.91. The molecule has 0 radical (unpaired) electrons. The van der Waals surface area contributed by atoms with Crippen molar-refractivity contribution in [3.8, 4) is 11.1 Å². The molecule has 1 aliphatic heterocycles. The molecule has 2 heterocycles. The van der Waals surface area contributed by atoms with Crippen LogP contribution < -0.4 is 0 Å². The first-order valence-corrected chi connectivity index (χ1v) is 9.41. The van der Waals surface area contributed by atoms with E-state index in [9.17, 15) is 14.7 Å². The number of aliphatic hydroxyl groups excluding tert-OH is 1. The lowest BCUT2D eigenvalue weighted by Crippen LogP contribution is -2.48. The van der Waals surface area contributed by atoms with E-state index in [0.29, 0.717) is 23.6 Å². The monoisotopic (exact) mass is 385 g/mol. The second kappa shape index (κ2) is 6.57. The summed E-state index contributed by atoms with van der Waals surface area (Å²) < 4.78 is 6.64. The number of aliphatic hydroxyl groups is 1. The van der Waals surface area contributed by atoms with Crippen LogP contribution in [-0.2, 0) is 19.9 Å². The van der Waals surface area contributed by atoms with E-state index < -0.39 is 11.5 Å². The molecule has 1 spiro atoms.